The second-order valence-electron chi connectivity index (χ2n) is 4.69. The summed E-state index contributed by atoms with van der Waals surface area (Å²) in [5.41, 5.74) is 1.55. The fourth-order valence-corrected chi connectivity index (χ4v) is 2.13. The first kappa shape index (κ1) is 10.3. The van der Waals surface area contributed by atoms with Crippen molar-refractivity contribution < 1.29 is 9.59 Å². The maximum absolute atomic E-state index is 12.1. The molecule has 2 aliphatic rings. The van der Waals surface area contributed by atoms with Crippen LogP contribution in [0.2, 0.25) is 0 Å². The normalized spacial score (nSPS) is 18.6. The molecule has 0 spiro atoms. The highest BCUT2D eigenvalue weighted by molar-refractivity contribution is 6.09. The largest absolute Gasteiger partial charge is 0.323 e. The summed E-state index contributed by atoms with van der Waals surface area (Å²) in [4.78, 5) is 25.2. The van der Waals surface area contributed by atoms with Crippen molar-refractivity contribution in [3.8, 4) is 0 Å². The molecule has 0 aromatic heterocycles. The fourth-order valence-electron chi connectivity index (χ4n) is 2.13. The average molecular weight is 230 g/mol. The van der Waals surface area contributed by atoms with Crippen molar-refractivity contribution in [1.82, 2.24) is 0 Å². The number of fused-ring (bicyclic) bond motifs is 1. The van der Waals surface area contributed by atoms with Crippen LogP contribution in [0.5, 0.6) is 0 Å². The Hall–Kier alpha value is -1.84. The van der Waals surface area contributed by atoms with Crippen LogP contribution in [-0.2, 0) is 9.59 Å². The Morgan fingerprint density at radius 1 is 1.35 bits per heavy atom. The highest BCUT2D eigenvalue weighted by Gasteiger charge is 2.31. The monoisotopic (exact) mass is 230 g/mol. The average Bonchev–Trinajstić information content (AvgIpc) is 3.11. The standard InChI is InChI=1S/C13H14N2O2/c16-12-8-15(13(17)7-9-5-6-9)11-4-2-1-3-10(11)14-12/h1-4,9H,5-8H2,(H,14,16). The van der Waals surface area contributed by atoms with Crippen LogP contribution in [0.3, 0.4) is 0 Å². The van der Waals surface area contributed by atoms with E-state index >= 15 is 0 Å². The summed E-state index contributed by atoms with van der Waals surface area (Å²) in [5, 5.41) is 2.78. The van der Waals surface area contributed by atoms with Crippen LogP contribution in [0, 0.1) is 5.92 Å². The minimum atomic E-state index is -0.118. The summed E-state index contributed by atoms with van der Waals surface area (Å²) in [6, 6.07) is 7.44. The lowest BCUT2D eigenvalue weighted by Gasteiger charge is -2.29. The van der Waals surface area contributed by atoms with E-state index in [0.717, 1.165) is 24.2 Å². The number of nitrogens with zero attached hydrogens (tertiary/aromatic N) is 1. The quantitative estimate of drug-likeness (QED) is 0.841. The Bertz CT molecular complexity index is 480. The van der Waals surface area contributed by atoms with Crippen molar-refractivity contribution in [1.29, 1.82) is 0 Å². The van der Waals surface area contributed by atoms with E-state index in [2.05, 4.69) is 5.32 Å². The summed E-state index contributed by atoms with van der Waals surface area (Å²) >= 11 is 0. The van der Waals surface area contributed by atoms with Gasteiger partial charge < -0.3 is 10.2 Å². The van der Waals surface area contributed by atoms with Crippen molar-refractivity contribution in [3.63, 3.8) is 0 Å². The van der Waals surface area contributed by atoms with Crippen molar-refractivity contribution in [2.45, 2.75) is 19.3 Å². The minimum Gasteiger partial charge on any atom is -0.323 e. The first-order valence-electron chi connectivity index (χ1n) is 5.93. The van der Waals surface area contributed by atoms with Crippen molar-refractivity contribution in [2.24, 2.45) is 5.92 Å². The zero-order valence-electron chi connectivity index (χ0n) is 9.48. The van der Waals surface area contributed by atoms with Gasteiger partial charge in [-0.2, -0.15) is 0 Å². The van der Waals surface area contributed by atoms with Crippen molar-refractivity contribution >= 4 is 23.2 Å². The third-order valence-electron chi connectivity index (χ3n) is 3.23. The first-order chi connectivity index (χ1) is 8.24. The number of carbonyl (C=O) groups excluding carboxylic acids is 2. The van der Waals surface area contributed by atoms with Crippen LogP contribution >= 0.6 is 0 Å². The smallest absolute Gasteiger partial charge is 0.244 e. The SMILES string of the molecule is O=C1CN(C(=O)CC2CC2)c2ccccc2N1. The number of nitrogens with one attached hydrogen (secondary N) is 1. The molecule has 3 rings (SSSR count). The molecule has 0 radical (unpaired) electrons. The fraction of sp³-hybridized carbons (Fsp3) is 0.385. The maximum Gasteiger partial charge on any atom is 0.244 e. The van der Waals surface area contributed by atoms with E-state index in [9.17, 15) is 9.59 Å². The molecule has 4 nitrogen and oxygen atoms in total. The lowest BCUT2D eigenvalue weighted by atomic mass is 10.1. The molecule has 17 heavy (non-hydrogen) atoms. The van der Waals surface area contributed by atoms with Crippen LogP contribution in [0.25, 0.3) is 0 Å². The summed E-state index contributed by atoms with van der Waals surface area (Å²) in [6.45, 7) is 0.141. The molecule has 1 aliphatic heterocycles. The molecular weight excluding hydrogens is 216 g/mol. The van der Waals surface area contributed by atoms with E-state index in [-0.39, 0.29) is 18.4 Å². The van der Waals surface area contributed by atoms with Crippen LogP contribution < -0.4 is 10.2 Å². The van der Waals surface area contributed by atoms with Crippen LogP contribution in [0.4, 0.5) is 11.4 Å². The molecule has 1 fully saturated rings. The molecule has 1 N–H and O–H groups in total. The van der Waals surface area contributed by atoms with E-state index in [0.29, 0.717) is 12.3 Å². The number of anilines is 2. The third-order valence-corrected chi connectivity index (χ3v) is 3.23. The number of benzene rings is 1. The van der Waals surface area contributed by atoms with Gasteiger partial charge in [0.25, 0.3) is 0 Å². The number of para-hydroxylation sites is 2. The summed E-state index contributed by atoms with van der Waals surface area (Å²) in [6.07, 6.45) is 2.86. The minimum absolute atomic E-state index is 0.0646. The van der Waals surface area contributed by atoms with Crippen LogP contribution in [0.1, 0.15) is 19.3 Å². The Kier molecular flexibility index (Phi) is 2.35. The van der Waals surface area contributed by atoms with Crippen LogP contribution in [0.15, 0.2) is 24.3 Å². The Balaban J connectivity index is 1.88. The Morgan fingerprint density at radius 3 is 2.88 bits per heavy atom. The summed E-state index contributed by atoms with van der Waals surface area (Å²) in [7, 11) is 0. The second-order valence-corrected chi connectivity index (χ2v) is 4.69. The molecule has 88 valence electrons. The molecule has 0 bridgehead atoms. The van der Waals surface area contributed by atoms with Gasteiger partial charge in [-0.15, -0.1) is 0 Å². The predicted molar refractivity (Wildman–Crippen MR) is 64.8 cm³/mol. The van der Waals surface area contributed by atoms with Gasteiger partial charge >= 0.3 is 0 Å². The Labute approximate surface area is 99.6 Å². The van der Waals surface area contributed by atoms with Gasteiger partial charge in [-0.3, -0.25) is 9.59 Å². The van der Waals surface area contributed by atoms with E-state index < -0.39 is 0 Å². The lowest BCUT2D eigenvalue weighted by molar-refractivity contribution is -0.122. The molecule has 0 unspecified atom stereocenters. The van der Waals surface area contributed by atoms with E-state index in [1.54, 1.807) is 4.90 Å². The number of hydrogen-bond acceptors (Lipinski definition) is 2. The van der Waals surface area contributed by atoms with Crippen LogP contribution in [-0.4, -0.2) is 18.4 Å². The molecule has 1 saturated carbocycles. The number of carbonyl (C=O) groups is 2. The van der Waals surface area contributed by atoms with Gasteiger partial charge in [-0.25, -0.2) is 0 Å². The Morgan fingerprint density at radius 2 is 2.12 bits per heavy atom. The first-order valence-corrected chi connectivity index (χ1v) is 5.93. The van der Waals surface area contributed by atoms with Gasteiger partial charge in [-0.1, -0.05) is 12.1 Å². The van der Waals surface area contributed by atoms with Gasteiger partial charge in [0.1, 0.15) is 6.54 Å². The highest BCUT2D eigenvalue weighted by atomic mass is 16.2. The van der Waals surface area contributed by atoms with Gasteiger partial charge in [0.2, 0.25) is 11.8 Å². The topological polar surface area (TPSA) is 49.4 Å². The summed E-state index contributed by atoms with van der Waals surface area (Å²) < 4.78 is 0. The number of rotatable bonds is 2. The van der Waals surface area contributed by atoms with E-state index in [1.807, 2.05) is 24.3 Å². The molecule has 0 atom stereocenters. The zero-order chi connectivity index (χ0) is 11.8. The molecule has 1 aromatic rings. The lowest BCUT2D eigenvalue weighted by Crippen LogP contribution is -2.42. The summed E-state index contributed by atoms with van der Waals surface area (Å²) in [5.74, 6) is 0.488. The third kappa shape index (κ3) is 2.02. The van der Waals surface area contributed by atoms with E-state index in [1.165, 1.54) is 0 Å². The molecular formula is C13H14N2O2. The molecule has 1 aromatic carbocycles. The maximum atomic E-state index is 12.1. The molecule has 4 heteroatoms. The molecule has 1 aliphatic carbocycles. The predicted octanol–water partition coefficient (Wildman–Crippen LogP) is 1.77. The zero-order valence-corrected chi connectivity index (χ0v) is 9.48. The number of hydrogen-bond donors (Lipinski definition) is 1. The highest BCUT2D eigenvalue weighted by Crippen LogP contribution is 2.35. The molecule has 2 amide bonds. The van der Waals surface area contributed by atoms with E-state index in [4.69, 9.17) is 0 Å². The molecule has 1 heterocycles. The molecule has 0 saturated heterocycles. The number of amides is 2. The van der Waals surface area contributed by atoms with Crippen molar-refractivity contribution in [2.75, 3.05) is 16.8 Å². The van der Waals surface area contributed by atoms with Gasteiger partial charge in [0.15, 0.2) is 0 Å². The second kappa shape index (κ2) is 3.87. The van der Waals surface area contributed by atoms with Gasteiger partial charge in [0, 0.05) is 6.42 Å². The van der Waals surface area contributed by atoms with Gasteiger partial charge in [0.05, 0.1) is 11.4 Å². The van der Waals surface area contributed by atoms with Gasteiger partial charge in [-0.05, 0) is 30.9 Å². The van der Waals surface area contributed by atoms with Crippen molar-refractivity contribution in [3.05, 3.63) is 24.3 Å².